The van der Waals surface area contributed by atoms with Crippen LogP contribution in [0.5, 0.6) is 5.75 Å². The lowest BCUT2D eigenvalue weighted by atomic mass is 9.87. The lowest BCUT2D eigenvalue weighted by Crippen LogP contribution is -2.04. The maximum Gasteiger partial charge on any atom is 0.119 e. The third-order valence-corrected chi connectivity index (χ3v) is 4.53. The Kier molecular flexibility index (Phi) is 5.69. The Morgan fingerprint density at radius 1 is 1.04 bits per heavy atom. The lowest BCUT2D eigenvalue weighted by Gasteiger charge is -2.19. The van der Waals surface area contributed by atoms with Gasteiger partial charge in [0.05, 0.1) is 12.7 Å². The Labute approximate surface area is 144 Å². The number of ether oxygens (including phenoxy) is 1. The van der Waals surface area contributed by atoms with Gasteiger partial charge in [-0.1, -0.05) is 36.4 Å². The maximum atomic E-state index is 8.90. The van der Waals surface area contributed by atoms with Gasteiger partial charge in [-0.15, -0.1) is 0 Å². The number of allylic oxidation sites excluding steroid dienone is 2. The summed E-state index contributed by atoms with van der Waals surface area (Å²) in [5.74, 6) is 0.951. The average Bonchev–Trinajstić information content (AvgIpc) is 2.63. The highest BCUT2D eigenvalue weighted by molar-refractivity contribution is 5.72. The lowest BCUT2D eigenvalue weighted by molar-refractivity contribution is 0.306. The molecule has 24 heavy (non-hydrogen) atoms. The van der Waals surface area contributed by atoms with E-state index in [0.717, 1.165) is 56.5 Å². The molecule has 0 heterocycles. The van der Waals surface area contributed by atoms with Crippen LogP contribution in [0.4, 0.5) is 0 Å². The fourth-order valence-corrected chi connectivity index (χ4v) is 3.28. The molecule has 0 radical (unpaired) electrons. The van der Waals surface area contributed by atoms with Crippen molar-refractivity contribution in [2.24, 2.45) is 0 Å². The summed E-state index contributed by atoms with van der Waals surface area (Å²) < 4.78 is 5.92. The second-order valence-electron chi connectivity index (χ2n) is 6.26. The first-order valence-electron chi connectivity index (χ1n) is 8.75. The van der Waals surface area contributed by atoms with Gasteiger partial charge in [-0.05, 0) is 72.9 Å². The molecule has 2 aromatic carbocycles. The summed E-state index contributed by atoms with van der Waals surface area (Å²) in [6.07, 6.45) is 8.18. The van der Waals surface area contributed by atoms with Gasteiger partial charge < -0.3 is 4.74 Å². The van der Waals surface area contributed by atoms with E-state index in [1.807, 2.05) is 6.07 Å². The molecule has 3 rings (SSSR count). The number of hydrogen-bond donors (Lipinski definition) is 0. The number of nitrogens with zero attached hydrogens (tertiary/aromatic N) is 1. The fraction of sp³-hybridized carbons (Fsp3) is 0.318. The van der Waals surface area contributed by atoms with Crippen LogP contribution in [0.25, 0.3) is 5.57 Å². The van der Waals surface area contributed by atoms with Crippen molar-refractivity contribution in [1.29, 1.82) is 5.26 Å². The minimum absolute atomic E-state index is 0.756. The number of rotatable bonds is 6. The first-order chi connectivity index (χ1) is 11.9. The SMILES string of the molecule is N#C/C=C1/CCCc2cc(OCCCCc3ccccc3)ccc21. The summed E-state index contributed by atoms with van der Waals surface area (Å²) in [4.78, 5) is 0. The van der Waals surface area contributed by atoms with Crippen molar-refractivity contribution in [1.82, 2.24) is 0 Å². The van der Waals surface area contributed by atoms with Gasteiger partial charge in [0.2, 0.25) is 0 Å². The van der Waals surface area contributed by atoms with Crippen LogP contribution < -0.4 is 4.74 Å². The molecule has 0 bridgehead atoms. The van der Waals surface area contributed by atoms with Crippen LogP contribution in [-0.2, 0) is 12.8 Å². The average molecular weight is 317 g/mol. The second kappa shape index (κ2) is 8.36. The van der Waals surface area contributed by atoms with Gasteiger partial charge in [0, 0.05) is 6.08 Å². The topological polar surface area (TPSA) is 33.0 Å². The summed E-state index contributed by atoms with van der Waals surface area (Å²) in [7, 11) is 0. The van der Waals surface area contributed by atoms with Crippen LogP contribution in [0.3, 0.4) is 0 Å². The molecule has 0 aromatic heterocycles. The fourth-order valence-electron chi connectivity index (χ4n) is 3.28. The highest BCUT2D eigenvalue weighted by Crippen LogP contribution is 2.32. The number of hydrogen-bond acceptors (Lipinski definition) is 2. The Morgan fingerprint density at radius 2 is 1.92 bits per heavy atom. The maximum absolute atomic E-state index is 8.90. The number of fused-ring (bicyclic) bond motifs is 1. The minimum atomic E-state index is 0.756. The highest BCUT2D eigenvalue weighted by Gasteiger charge is 2.14. The van der Waals surface area contributed by atoms with E-state index in [1.165, 1.54) is 16.7 Å². The van der Waals surface area contributed by atoms with E-state index in [2.05, 4.69) is 48.5 Å². The highest BCUT2D eigenvalue weighted by atomic mass is 16.5. The molecule has 0 spiro atoms. The molecule has 0 saturated carbocycles. The largest absolute Gasteiger partial charge is 0.494 e. The Balaban J connectivity index is 1.50. The summed E-state index contributed by atoms with van der Waals surface area (Å²) in [6, 6.07) is 19.0. The minimum Gasteiger partial charge on any atom is -0.494 e. The third-order valence-electron chi connectivity index (χ3n) is 4.53. The van der Waals surface area contributed by atoms with Gasteiger partial charge in [-0.25, -0.2) is 0 Å². The monoisotopic (exact) mass is 317 g/mol. The van der Waals surface area contributed by atoms with E-state index < -0.39 is 0 Å². The summed E-state index contributed by atoms with van der Waals surface area (Å²) >= 11 is 0. The Bertz CT molecular complexity index is 740. The molecule has 0 atom stereocenters. The van der Waals surface area contributed by atoms with Gasteiger partial charge in [0.15, 0.2) is 0 Å². The van der Waals surface area contributed by atoms with E-state index in [1.54, 1.807) is 6.08 Å². The van der Waals surface area contributed by atoms with Crippen molar-refractivity contribution < 1.29 is 4.74 Å². The normalized spacial score (nSPS) is 14.9. The van der Waals surface area contributed by atoms with Gasteiger partial charge in [-0.2, -0.15) is 5.26 Å². The molecule has 0 N–H and O–H groups in total. The molecule has 1 aliphatic rings. The quantitative estimate of drug-likeness (QED) is 0.533. The third kappa shape index (κ3) is 4.26. The van der Waals surface area contributed by atoms with Crippen LogP contribution in [0.15, 0.2) is 54.6 Å². The van der Waals surface area contributed by atoms with Crippen LogP contribution in [0.2, 0.25) is 0 Å². The summed E-state index contributed by atoms with van der Waals surface area (Å²) in [5, 5.41) is 8.90. The van der Waals surface area contributed by atoms with E-state index in [9.17, 15) is 0 Å². The smallest absolute Gasteiger partial charge is 0.119 e. The first-order valence-corrected chi connectivity index (χ1v) is 8.75. The zero-order valence-electron chi connectivity index (χ0n) is 14.0. The van der Waals surface area contributed by atoms with Gasteiger partial charge in [0.1, 0.15) is 5.75 Å². The van der Waals surface area contributed by atoms with Gasteiger partial charge in [0.25, 0.3) is 0 Å². The predicted octanol–water partition coefficient (Wildman–Crippen LogP) is 5.33. The van der Waals surface area contributed by atoms with Crippen LogP contribution in [0.1, 0.15) is 42.4 Å². The van der Waals surface area contributed by atoms with Crippen molar-refractivity contribution in [3.63, 3.8) is 0 Å². The van der Waals surface area contributed by atoms with Crippen molar-refractivity contribution in [3.05, 3.63) is 71.3 Å². The molecule has 2 heteroatoms. The van der Waals surface area contributed by atoms with E-state index >= 15 is 0 Å². The zero-order valence-corrected chi connectivity index (χ0v) is 14.0. The molecule has 0 amide bonds. The predicted molar refractivity (Wildman–Crippen MR) is 97.8 cm³/mol. The van der Waals surface area contributed by atoms with Crippen molar-refractivity contribution in [3.8, 4) is 11.8 Å². The molecule has 2 aromatic rings. The number of nitriles is 1. The van der Waals surface area contributed by atoms with E-state index in [4.69, 9.17) is 10.00 Å². The van der Waals surface area contributed by atoms with Gasteiger partial charge >= 0.3 is 0 Å². The number of unbranched alkanes of at least 4 members (excludes halogenated alkanes) is 1. The molecule has 0 fully saturated rings. The van der Waals surface area contributed by atoms with Gasteiger partial charge in [-0.3, -0.25) is 0 Å². The molecule has 0 aliphatic heterocycles. The summed E-state index contributed by atoms with van der Waals surface area (Å²) in [5.41, 5.74) is 5.08. The first kappa shape index (κ1) is 16.3. The Morgan fingerprint density at radius 3 is 2.75 bits per heavy atom. The molecule has 2 nitrogen and oxygen atoms in total. The zero-order chi connectivity index (χ0) is 16.6. The van der Waals surface area contributed by atoms with Crippen molar-refractivity contribution in [2.45, 2.75) is 38.5 Å². The van der Waals surface area contributed by atoms with E-state index in [-0.39, 0.29) is 0 Å². The van der Waals surface area contributed by atoms with Crippen LogP contribution >= 0.6 is 0 Å². The van der Waals surface area contributed by atoms with Crippen molar-refractivity contribution >= 4 is 5.57 Å². The molecule has 1 aliphatic carbocycles. The Hall–Kier alpha value is -2.53. The van der Waals surface area contributed by atoms with Crippen molar-refractivity contribution in [2.75, 3.05) is 6.61 Å². The molecule has 0 unspecified atom stereocenters. The van der Waals surface area contributed by atoms with E-state index in [0.29, 0.717) is 0 Å². The second-order valence-corrected chi connectivity index (χ2v) is 6.26. The summed E-state index contributed by atoms with van der Waals surface area (Å²) in [6.45, 7) is 0.756. The molecule has 0 saturated heterocycles. The molecular weight excluding hydrogens is 294 g/mol. The number of benzene rings is 2. The molecule has 122 valence electrons. The number of aryl methyl sites for hydroxylation is 2. The molecular formula is C22H23NO. The van der Waals surface area contributed by atoms with Crippen LogP contribution in [-0.4, -0.2) is 6.61 Å². The van der Waals surface area contributed by atoms with Crippen LogP contribution in [0, 0.1) is 11.3 Å². The standard InChI is InChI=1S/C22H23NO/c23-15-14-19-10-6-11-20-17-21(12-13-22(19)20)24-16-5-4-9-18-7-2-1-3-8-18/h1-3,7-8,12-14,17H,4-6,9-11,16H2/b19-14-.